The van der Waals surface area contributed by atoms with E-state index in [4.69, 9.17) is 9.97 Å². The Morgan fingerprint density at radius 1 is 1.00 bits per heavy atom. The number of rotatable bonds is 4. The summed E-state index contributed by atoms with van der Waals surface area (Å²) in [7, 11) is 0. The molecule has 6 rings (SSSR count). The van der Waals surface area contributed by atoms with Crippen molar-refractivity contribution in [2.75, 3.05) is 0 Å². The molecule has 0 atom stereocenters. The zero-order valence-corrected chi connectivity index (χ0v) is 20.2. The molecule has 0 fully saturated rings. The van der Waals surface area contributed by atoms with Gasteiger partial charge < -0.3 is 4.57 Å². The summed E-state index contributed by atoms with van der Waals surface area (Å²) in [6, 6.07) is 14.8. The molecule has 2 aromatic heterocycles. The van der Waals surface area contributed by atoms with Crippen LogP contribution in [0.3, 0.4) is 0 Å². The zero-order valence-electron chi connectivity index (χ0n) is 19.3. The smallest absolute Gasteiger partial charge is 0.284 e. The van der Waals surface area contributed by atoms with Crippen LogP contribution in [0.4, 0.5) is 0 Å². The lowest BCUT2D eigenvalue weighted by Crippen LogP contribution is -2.19. The highest BCUT2D eigenvalue weighted by Crippen LogP contribution is 2.31. The maximum absolute atomic E-state index is 13.4. The second kappa shape index (κ2) is 8.81. The predicted molar refractivity (Wildman–Crippen MR) is 136 cm³/mol. The number of hydrogen-bond donors (Lipinski definition) is 0. The number of benzene rings is 1. The highest BCUT2D eigenvalue weighted by atomic mass is 32.2. The molecular formula is C26H24N6O2S. The summed E-state index contributed by atoms with van der Waals surface area (Å²) in [4.78, 5) is 35.5. The third-order valence-corrected chi connectivity index (χ3v) is 7.40. The van der Waals surface area contributed by atoms with Crippen molar-refractivity contribution in [3.05, 3.63) is 92.4 Å². The highest BCUT2D eigenvalue weighted by molar-refractivity contribution is 7.98. The number of fused-ring (bicyclic) bond motifs is 4. The van der Waals surface area contributed by atoms with Gasteiger partial charge in [0.1, 0.15) is 11.2 Å². The zero-order chi connectivity index (χ0) is 23.9. The highest BCUT2D eigenvalue weighted by Gasteiger charge is 2.27. The van der Waals surface area contributed by atoms with Crippen LogP contribution in [0.1, 0.15) is 36.2 Å². The van der Waals surface area contributed by atoms with Crippen molar-refractivity contribution in [2.45, 2.75) is 50.1 Å². The second-order valence-corrected chi connectivity index (χ2v) is 9.80. The van der Waals surface area contributed by atoms with E-state index in [9.17, 15) is 9.59 Å². The molecule has 3 aliphatic rings. The maximum atomic E-state index is 13.4. The molecule has 0 unspecified atom stereocenters. The van der Waals surface area contributed by atoms with Crippen LogP contribution < -0.4 is 11.1 Å². The molecule has 5 heterocycles. The van der Waals surface area contributed by atoms with E-state index in [-0.39, 0.29) is 11.1 Å². The Hall–Kier alpha value is -3.72. The summed E-state index contributed by atoms with van der Waals surface area (Å²) in [6.07, 6.45) is 5.75. The number of hydrogen-bond acceptors (Lipinski definition) is 6. The Kier molecular flexibility index (Phi) is 5.49. The predicted octanol–water partition coefficient (Wildman–Crippen LogP) is 3.87. The molecular weight excluding hydrogens is 460 g/mol. The number of pyridine rings is 1. The van der Waals surface area contributed by atoms with Gasteiger partial charge in [-0.05, 0) is 56.0 Å². The van der Waals surface area contributed by atoms with Gasteiger partial charge in [0.2, 0.25) is 0 Å². The molecule has 35 heavy (non-hydrogen) atoms. The summed E-state index contributed by atoms with van der Waals surface area (Å²) in [5, 5.41) is 5.40. The molecule has 0 saturated heterocycles. The van der Waals surface area contributed by atoms with E-state index >= 15 is 0 Å². The van der Waals surface area contributed by atoms with Gasteiger partial charge in [0.25, 0.3) is 11.1 Å². The molecule has 0 aliphatic carbocycles. The number of aromatic nitrogens is 6. The minimum atomic E-state index is -0.125. The Morgan fingerprint density at radius 3 is 2.71 bits per heavy atom. The summed E-state index contributed by atoms with van der Waals surface area (Å²) < 4.78 is 5.18. The fraction of sp³-hybridized carbons (Fsp3) is 0.269. The van der Waals surface area contributed by atoms with Gasteiger partial charge in [0.15, 0.2) is 11.0 Å². The van der Waals surface area contributed by atoms with Crippen molar-refractivity contribution in [3.8, 4) is 17.1 Å². The molecule has 3 aliphatic heterocycles. The van der Waals surface area contributed by atoms with Crippen LogP contribution in [0.25, 0.3) is 22.7 Å². The first kappa shape index (κ1) is 21.8. The minimum absolute atomic E-state index is 0.0990. The van der Waals surface area contributed by atoms with Crippen LogP contribution in [-0.2, 0) is 18.7 Å². The Balaban J connectivity index is 1.43. The van der Waals surface area contributed by atoms with Crippen LogP contribution in [0.5, 0.6) is 0 Å². The lowest BCUT2D eigenvalue weighted by atomic mass is 10.1. The van der Waals surface area contributed by atoms with Gasteiger partial charge in [0, 0.05) is 30.3 Å². The third-order valence-electron chi connectivity index (χ3n) is 6.39. The maximum Gasteiger partial charge on any atom is 0.284 e. The first-order chi connectivity index (χ1) is 17.1. The van der Waals surface area contributed by atoms with E-state index in [1.807, 2.05) is 49.4 Å². The standard InChI is InChI=1S/C26H24N6O2S/c1-17-11-13-31-21(14-17)27-18(15-22(31)33)16-35-26-28-24-23(20-10-6-3-7-12-30(20)26)25(34)32(29-24)19-8-4-2-5-9-19/h2,4-5,8-9,11,13-15H,3,6-7,10,12,16H2,1H3. The number of nitrogens with zero attached hydrogens (tertiary/aromatic N) is 6. The van der Waals surface area contributed by atoms with E-state index in [2.05, 4.69) is 9.67 Å². The van der Waals surface area contributed by atoms with Crippen LogP contribution in [-0.4, -0.2) is 28.7 Å². The van der Waals surface area contributed by atoms with Gasteiger partial charge in [-0.15, -0.1) is 5.10 Å². The summed E-state index contributed by atoms with van der Waals surface area (Å²) in [6.45, 7) is 2.79. The third kappa shape index (κ3) is 3.95. The largest absolute Gasteiger partial charge is 0.324 e. The average molecular weight is 485 g/mol. The summed E-state index contributed by atoms with van der Waals surface area (Å²) >= 11 is 1.53. The monoisotopic (exact) mass is 484 g/mol. The topological polar surface area (TPSA) is 87.1 Å². The molecule has 9 heteroatoms. The first-order valence-corrected chi connectivity index (χ1v) is 12.8. The van der Waals surface area contributed by atoms with Gasteiger partial charge in [0.05, 0.1) is 11.4 Å². The van der Waals surface area contributed by atoms with Gasteiger partial charge >= 0.3 is 0 Å². The molecule has 0 radical (unpaired) electrons. The van der Waals surface area contributed by atoms with Crippen molar-refractivity contribution in [2.24, 2.45) is 0 Å². The summed E-state index contributed by atoms with van der Waals surface area (Å²) in [5.74, 6) is 0.970. The number of para-hydroxylation sites is 1. The van der Waals surface area contributed by atoms with Gasteiger partial charge in [-0.25, -0.2) is 9.97 Å². The SMILES string of the molecule is Cc1ccn2c(=O)cc(CSc3nc4nn(-c5ccccc5)c(=O)c-4c4n3CCCCC4)nc2c1. The van der Waals surface area contributed by atoms with Crippen molar-refractivity contribution in [1.29, 1.82) is 0 Å². The molecule has 0 saturated carbocycles. The van der Waals surface area contributed by atoms with Crippen molar-refractivity contribution in [3.63, 3.8) is 0 Å². The quantitative estimate of drug-likeness (QED) is 0.284. The number of aryl methyl sites for hydroxylation is 1. The van der Waals surface area contributed by atoms with Crippen molar-refractivity contribution in [1.82, 2.24) is 28.7 Å². The van der Waals surface area contributed by atoms with Crippen LogP contribution in [0, 0.1) is 6.92 Å². The van der Waals surface area contributed by atoms with E-state index in [1.54, 1.807) is 16.7 Å². The fourth-order valence-corrected chi connectivity index (χ4v) is 5.61. The van der Waals surface area contributed by atoms with E-state index in [0.29, 0.717) is 28.5 Å². The molecule has 1 aromatic carbocycles. The van der Waals surface area contributed by atoms with Crippen molar-refractivity contribution >= 4 is 17.4 Å². The minimum Gasteiger partial charge on any atom is -0.324 e. The molecule has 176 valence electrons. The van der Waals surface area contributed by atoms with Crippen LogP contribution in [0.15, 0.2) is 69.5 Å². The molecule has 0 bridgehead atoms. The Bertz CT molecular complexity index is 1640. The molecule has 0 N–H and O–H groups in total. The van der Waals surface area contributed by atoms with Gasteiger partial charge in [-0.1, -0.05) is 36.4 Å². The van der Waals surface area contributed by atoms with E-state index < -0.39 is 0 Å². The Morgan fingerprint density at radius 2 is 1.86 bits per heavy atom. The van der Waals surface area contributed by atoms with Crippen LogP contribution >= 0.6 is 11.8 Å². The average Bonchev–Trinajstić information content (AvgIpc) is 3.02. The molecule has 0 amide bonds. The molecule has 8 nitrogen and oxygen atoms in total. The van der Waals surface area contributed by atoms with E-state index in [0.717, 1.165) is 54.3 Å². The van der Waals surface area contributed by atoms with Crippen LogP contribution in [0.2, 0.25) is 0 Å². The lowest BCUT2D eigenvalue weighted by molar-refractivity contribution is 0.571. The second-order valence-electron chi connectivity index (χ2n) is 8.86. The Labute approximate surface area is 205 Å². The molecule has 0 spiro atoms. The first-order valence-electron chi connectivity index (χ1n) is 11.8. The van der Waals surface area contributed by atoms with E-state index in [1.165, 1.54) is 16.4 Å². The van der Waals surface area contributed by atoms with Crippen molar-refractivity contribution < 1.29 is 0 Å². The summed E-state index contributed by atoms with van der Waals surface area (Å²) in [5.41, 5.74) is 4.52. The van der Waals surface area contributed by atoms with Gasteiger partial charge in [-0.2, -0.15) is 4.68 Å². The van der Waals surface area contributed by atoms with Gasteiger partial charge in [-0.3, -0.25) is 14.0 Å². The lowest BCUT2D eigenvalue weighted by Gasteiger charge is -2.17. The molecule has 3 aromatic rings. The number of thioether (sulfide) groups is 1. The normalized spacial score (nSPS) is 13.7. The fourth-order valence-electron chi connectivity index (χ4n) is 4.67.